The van der Waals surface area contributed by atoms with Gasteiger partial charge in [-0.15, -0.1) is 12.6 Å². The molecule has 1 N–H and O–H groups in total. The number of hydrogen-bond acceptors (Lipinski definition) is 5. The largest absolute Gasteiger partial charge is 0.315 e. The molecule has 0 spiro atoms. The first-order valence-corrected chi connectivity index (χ1v) is 8.06. The molecule has 1 aliphatic rings. The van der Waals surface area contributed by atoms with Gasteiger partial charge in [0.25, 0.3) is 0 Å². The number of hydrogen-bond donors (Lipinski definition) is 2. The van der Waals surface area contributed by atoms with Crippen molar-refractivity contribution in [1.82, 2.24) is 24.7 Å². The van der Waals surface area contributed by atoms with Crippen LogP contribution in [0.15, 0.2) is 35.7 Å². The van der Waals surface area contributed by atoms with Crippen molar-refractivity contribution in [3.63, 3.8) is 0 Å². The summed E-state index contributed by atoms with van der Waals surface area (Å²) >= 11 is 4.52. The van der Waals surface area contributed by atoms with E-state index >= 15 is 0 Å². The number of nitrogens with zero attached hydrogens (tertiary/aromatic N) is 5. The molecule has 1 atom stereocenters. The summed E-state index contributed by atoms with van der Waals surface area (Å²) < 4.78 is 3.74. The summed E-state index contributed by atoms with van der Waals surface area (Å²) in [5.41, 5.74) is 3.29. The Morgan fingerprint density at radius 3 is 2.96 bits per heavy atom. The highest BCUT2D eigenvalue weighted by molar-refractivity contribution is 7.80. The Labute approximate surface area is 139 Å². The molecule has 4 heterocycles. The highest BCUT2D eigenvalue weighted by Gasteiger charge is 2.17. The minimum Gasteiger partial charge on any atom is -0.315 e. The van der Waals surface area contributed by atoms with Gasteiger partial charge in [-0.05, 0) is 25.5 Å². The predicted octanol–water partition coefficient (Wildman–Crippen LogP) is 2.28. The van der Waals surface area contributed by atoms with Gasteiger partial charge < -0.3 is 5.32 Å². The van der Waals surface area contributed by atoms with Crippen LogP contribution in [0.25, 0.3) is 16.6 Å². The van der Waals surface area contributed by atoms with Gasteiger partial charge in [0.05, 0.1) is 29.5 Å². The van der Waals surface area contributed by atoms with Crippen molar-refractivity contribution in [3.05, 3.63) is 36.4 Å². The lowest BCUT2D eigenvalue weighted by molar-refractivity contribution is 0.347. The second kappa shape index (κ2) is 5.72. The fraction of sp³-hybridized carbons (Fsp3) is 0.312. The number of pyridine rings is 1. The van der Waals surface area contributed by atoms with E-state index in [9.17, 15) is 0 Å². The van der Waals surface area contributed by atoms with Crippen molar-refractivity contribution in [3.8, 4) is 17.2 Å². The second-order valence-corrected chi connectivity index (χ2v) is 6.27. The van der Waals surface area contributed by atoms with E-state index in [1.165, 1.54) is 6.42 Å². The van der Waals surface area contributed by atoms with Gasteiger partial charge in [-0.3, -0.25) is 4.68 Å². The number of rotatable bonds is 2. The molecule has 7 heteroatoms. The fourth-order valence-electron chi connectivity index (χ4n) is 3.09. The minimum absolute atomic E-state index is 0.409. The molecule has 0 saturated carbocycles. The fourth-order valence-corrected chi connectivity index (χ4v) is 3.45. The summed E-state index contributed by atoms with van der Waals surface area (Å²) in [5.74, 6) is 0. The molecule has 4 rings (SSSR count). The summed E-state index contributed by atoms with van der Waals surface area (Å²) in [4.78, 5) is 0.739. The van der Waals surface area contributed by atoms with E-state index in [1.807, 2.05) is 23.1 Å². The molecule has 1 fully saturated rings. The van der Waals surface area contributed by atoms with E-state index in [-0.39, 0.29) is 0 Å². The minimum atomic E-state index is 0.409. The smallest absolute Gasteiger partial charge is 0.103 e. The highest BCUT2D eigenvalue weighted by Crippen LogP contribution is 2.27. The molecule has 116 valence electrons. The maximum atomic E-state index is 9.13. The molecule has 3 aromatic rings. The van der Waals surface area contributed by atoms with Gasteiger partial charge in [0.15, 0.2) is 0 Å². The van der Waals surface area contributed by atoms with E-state index in [0.29, 0.717) is 11.6 Å². The van der Waals surface area contributed by atoms with Crippen LogP contribution in [0, 0.1) is 11.3 Å². The van der Waals surface area contributed by atoms with Crippen LogP contribution in [0.5, 0.6) is 0 Å². The quantitative estimate of drug-likeness (QED) is 0.710. The predicted molar refractivity (Wildman–Crippen MR) is 89.5 cm³/mol. The lowest BCUT2D eigenvalue weighted by Crippen LogP contribution is -2.31. The normalized spacial score (nSPS) is 18.2. The maximum Gasteiger partial charge on any atom is 0.103 e. The van der Waals surface area contributed by atoms with Crippen molar-refractivity contribution in [1.29, 1.82) is 5.26 Å². The van der Waals surface area contributed by atoms with Gasteiger partial charge in [0, 0.05) is 35.0 Å². The van der Waals surface area contributed by atoms with Crippen molar-refractivity contribution in [2.24, 2.45) is 0 Å². The Morgan fingerprint density at radius 2 is 2.17 bits per heavy atom. The molecule has 3 aromatic heterocycles. The van der Waals surface area contributed by atoms with Crippen molar-refractivity contribution in [2.75, 3.05) is 13.1 Å². The monoisotopic (exact) mass is 324 g/mol. The van der Waals surface area contributed by atoms with Crippen molar-refractivity contribution >= 4 is 18.1 Å². The molecule has 1 aliphatic heterocycles. The summed E-state index contributed by atoms with van der Waals surface area (Å²) in [7, 11) is 0. The van der Waals surface area contributed by atoms with Crippen LogP contribution in [0.3, 0.4) is 0 Å². The van der Waals surface area contributed by atoms with Crippen LogP contribution < -0.4 is 5.32 Å². The lowest BCUT2D eigenvalue weighted by atomic mass is 10.1. The van der Waals surface area contributed by atoms with Gasteiger partial charge >= 0.3 is 0 Å². The Kier molecular flexibility index (Phi) is 3.56. The van der Waals surface area contributed by atoms with Crippen LogP contribution in [-0.2, 0) is 0 Å². The number of thiol groups is 1. The van der Waals surface area contributed by atoms with E-state index in [4.69, 9.17) is 5.26 Å². The topological polar surface area (TPSA) is 70.9 Å². The zero-order valence-electron chi connectivity index (χ0n) is 12.5. The van der Waals surface area contributed by atoms with E-state index < -0.39 is 0 Å². The van der Waals surface area contributed by atoms with Crippen LogP contribution in [0.2, 0.25) is 0 Å². The average molecular weight is 324 g/mol. The van der Waals surface area contributed by atoms with Gasteiger partial charge in [-0.1, -0.05) is 0 Å². The molecule has 0 unspecified atom stereocenters. The summed E-state index contributed by atoms with van der Waals surface area (Å²) in [6.07, 6.45) is 9.75. The Bertz CT molecular complexity index is 897. The van der Waals surface area contributed by atoms with Crippen LogP contribution in [-0.4, -0.2) is 32.5 Å². The molecule has 0 bridgehead atoms. The van der Waals surface area contributed by atoms with Gasteiger partial charge in [-0.25, -0.2) is 4.52 Å². The third kappa shape index (κ3) is 2.50. The average Bonchev–Trinajstić information content (AvgIpc) is 3.22. The molecule has 0 aromatic carbocycles. The van der Waals surface area contributed by atoms with Crippen LogP contribution in [0.4, 0.5) is 0 Å². The van der Waals surface area contributed by atoms with Crippen molar-refractivity contribution < 1.29 is 0 Å². The molecule has 0 aliphatic carbocycles. The Hall–Kier alpha value is -2.30. The molecule has 6 nitrogen and oxygen atoms in total. The number of piperidine rings is 1. The van der Waals surface area contributed by atoms with Gasteiger partial charge in [0.1, 0.15) is 6.07 Å². The van der Waals surface area contributed by atoms with E-state index in [1.54, 1.807) is 10.7 Å². The zero-order valence-corrected chi connectivity index (χ0v) is 13.4. The van der Waals surface area contributed by atoms with E-state index in [2.05, 4.69) is 40.4 Å². The van der Waals surface area contributed by atoms with Crippen LogP contribution >= 0.6 is 12.6 Å². The molecule has 0 radical (unpaired) electrons. The number of nitriles is 1. The maximum absolute atomic E-state index is 9.13. The van der Waals surface area contributed by atoms with E-state index in [0.717, 1.165) is 41.0 Å². The van der Waals surface area contributed by atoms with Crippen molar-refractivity contribution in [2.45, 2.75) is 23.8 Å². The molecule has 1 saturated heterocycles. The van der Waals surface area contributed by atoms with Gasteiger partial charge in [0.2, 0.25) is 0 Å². The highest BCUT2D eigenvalue weighted by atomic mass is 32.1. The van der Waals surface area contributed by atoms with Crippen LogP contribution in [0.1, 0.15) is 24.4 Å². The van der Waals surface area contributed by atoms with Gasteiger partial charge in [-0.2, -0.15) is 15.5 Å². The first-order chi connectivity index (χ1) is 11.3. The molecular formula is C16H16N6S. The first kappa shape index (κ1) is 14.3. The third-order valence-corrected chi connectivity index (χ3v) is 4.63. The summed E-state index contributed by atoms with van der Waals surface area (Å²) in [6.45, 7) is 2.05. The first-order valence-electron chi connectivity index (χ1n) is 7.62. The molecular weight excluding hydrogens is 308 g/mol. The lowest BCUT2D eigenvalue weighted by Gasteiger charge is -2.22. The standard InChI is InChI=1S/C16H16N6S/c17-5-12-6-20-22-9-11(4-15(23)16(12)22)13-7-19-21(10-13)14-2-1-3-18-8-14/h4,6-7,9-10,14,18,23H,1-3,8H2/t14-/m0/s1. The molecule has 23 heavy (non-hydrogen) atoms. The Balaban J connectivity index is 1.72. The number of fused-ring (bicyclic) bond motifs is 1. The second-order valence-electron chi connectivity index (χ2n) is 5.79. The summed E-state index contributed by atoms with van der Waals surface area (Å²) in [6, 6.07) is 4.51. The zero-order chi connectivity index (χ0) is 15.8. The number of nitrogens with one attached hydrogen (secondary N) is 1. The SMILES string of the molecule is N#Cc1cnn2cc(-c3cnn([C@H]4CCCNC4)c3)cc(S)c12. The Morgan fingerprint density at radius 1 is 1.26 bits per heavy atom. The third-order valence-electron chi connectivity index (χ3n) is 4.29. The molecule has 0 amide bonds. The number of aromatic nitrogens is 4. The summed E-state index contributed by atoms with van der Waals surface area (Å²) in [5, 5.41) is 21.3.